The number of carbonyl (C=O) groups excluding carboxylic acids is 1. The lowest BCUT2D eigenvalue weighted by atomic mass is 10.2. The average molecular weight is 261 g/mol. The fraction of sp³-hybridized carbons (Fsp3) is 0. The van der Waals surface area contributed by atoms with Crippen molar-refractivity contribution in [2.45, 2.75) is 0 Å². The van der Waals surface area contributed by atoms with E-state index in [-0.39, 0.29) is 17.1 Å². The lowest BCUT2D eigenvalue weighted by Gasteiger charge is -2.05. The van der Waals surface area contributed by atoms with E-state index in [0.717, 1.165) is 18.2 Å². The highest BCUT2D eigenvalue weighted by Gasteiger charge is 2.14. The molecule has 0 atom stereocenters. The van der Waals surface area contributed by atoms with Gasteiger partial charge >= 0.3 is 0 Å². The van der Waals surface area contributed by atoms with Gasteiger partial charge in [0.1, 0.15) is 11.5 Å². The first kappa shape index (κ1) is 12.6. The summed E-state index contributed by atoms with van der Waals surface area (Å²) in [5.41, 5.74) is -0.476. The fourth-order valence-corrected chi connectivity index (χ4v) is 1.41. The Bertz CT molecular complexity index is 631. The first-order valence-corrected chi connectivity index (χ1v) is 5.24. The van der Waals surface area contributed by atoms with Crippen molar-refractivity contribution in [3.8, 4) is 0 Å². The van der Waals surface area contributed by atoms with E-state index in [1.54, 1.807) is 12.1 Å². The third kappa shape index (κ3) is 2.89. The third-order valence-corrected chi connectivity index (χ3v) is 2.31. The van der Waals surface area contributed by atoms with Crippen molar-refractivity contribution in [3.63, 3.8) is 0 Å². The summed E-state index contributed by atoms with van der Waals surface area (Å²) in [7, 11) is 0. The second-order valence-electron chi connectivity index (χ2n) is 3.59. The minimum atomic E-state index is -0.755. The number of nitrogens with one attached hydrogen (secondary N) is 1. The summed E-state index contributed by atoms with van der Waals surface area (Å²) in [5, 5.41) is 12.8. The number of non-ortho nitro benzene ring substituents is 1. The van der Waals surface area contributed by atoms with Gasteiger partial charge in [0.05, 0.1) is 10.6 Å². The van der Waals surface area contributed by atoms with Gasteiger partial charge in [0.2, 0.25) is 0 Å². The number of nitrogens with zero attached hydrogens (tertiary/aromatic N) is 2. The van der Waals surface area contributed by atoms with Crippen LogP contribution in [0.1, 0.15) is 10.5 Å². The highest BCUT2D eigenvalue weighted by molar-refractivity contribution is 6.03. The Kier molecular flexibility index (Phi) is 3.46. The van der Waals surface area contributed by atoms with Crippen LogP contribution in [0.5, 0.6) is 0 Å². The summed E-state index contributed by atoms with van der Waals surface area (Å²) >= 11 is 0. The SMILES string of the molecule is O=C(Nc1cc([N+](=O)[O-])ccc1F)c1ccccn1. The quantitative estimate of drug-likeness (QED) is 0.679. The van der Waals surface area contributed by atoms with Crippen LogP contribution in [0.25, 0.3) is 0 Å². The van der Waals surface area contributed by atoms with Gasteiger partial charge in [-0.05, 0) is 18.2 Å². The van der Waals surface area contributed by atoms with Crippen LogP contribution in [0.15, 0.2) is 42.6 Å². The maximum absolute atomic E-state index is 13.5. The number of carbonyl (C=O) groups is 1. The minimum Gasteiger partial charge on any atom is -0.318 e. The molecule has 96 valence electrons. The van der Waals surface area contributed by atoms with Crippen molar-refractivity contribution in [2.75, 3.05) is 5.32 Å². The van der Waals surface area contributed by atoms with Crippen molar-refractivity contribution in [1.82, 2.24) is 4.98 Å². The van der Waals surface area contributed by atoms with Crippen LogP contribution in [0, 0.1) is 15.9 Å². The highest BCUT2D eigenvalue weighted by Crippen LogP contribution is 2.21. The van der Waals surface area contributed by atoms with Gasteiger partial charge in [0.25, 0.3) is 11.6 Å². The Morgan fingerprint density at radius 2 is 2.11 bits per heavy atom. The molecule has 0 saturated heterocycles. The molecule has 1 heterocycles. The predicted molar refractivity (Wildman–Crippen MR) is 65.2 cm³/mol. The smallest absolute Gasteiger partial charge is 0.274 e. The number of pyridine rings is 1. The van der Waals surface area contributed by atoms with Crippen LogP contribution >= 0.6 is 0 Å². The zero-order valence-electron chi connectivity index (χ0n) is 9.54. The molecule has 1 aromatic heterocycles. The number of nitro groups is 1. The summed E-state index contributed by atoms with van der Waals surface area (Å²) in [6.07, 6.45) is 1.42. The number of nitro benzene ring substituents is 1. The molecule has 2 aromatic rings. The molecule has 0 aliphatic rings. The van der Waals surface area contributed by atoms with Gasteiger partial charge in [-0.25, -0.2) is 4.39 Å². The Hall–Kier alpha value is -2.83. The summed E-state index contributed by atoms with van der Waals surface area (Å²) in [6, 6.07) is 7.58. The van der Waals surface area contributed by atoms with Crippen LogP contribution in [-0.4, -0.2) is 15.8 Å². The van der Waals surface area contributed by atoms with Gasteiger partial charge in [-0.15, -0.1) is 0 Å². The molecule has 7 heteroatoms. The zero-order valence-corrected chi connectivity index (χ0v) is 9.54. The molecule has 0 fully saturated rings. The highest BCUT2D eigenvalue weighted by atomic mass is 19.1. The molecule has 0 aliphatic heterocycles. The molecule has 0 saturated carbocycles. The zero-order chi connectivity index (χ0) is 13.8. The number of benzene rings is 1. The first-order chi connectivity index (χ1) is 9.08. The van der Waals surface area contributed by atoms with Crippen LogP contribution in [0.3, 0.4) is 0 Å². The van der Waals surface area contributed by atoms with E-state index in [1.165, 1.54) is 12.3 Å². The van der Waals surface area contributed by atoms with Gasteiger partial charge in [0, 0.05) is 18.3 Å². The molecular formula is C12H8FN3O3. The molecular weight excluding hydrogens is 253 g/mol. The van der Waals surface area contributed by atoms with Crippen LogP contribution in [0.2, 0.25) is 0 Å². The van der Waals surface area contributed by atoms with Crippen molar-refractivity contribution in [3.05, 3.63) is 64.2 Å². The topological polar surface area (TPSA) is 85.1 Å². The lowest BCUT2D eigenvalue weighted by molar-refractivity contribution is -0.384. The number of amides is 1. The Morgan fingerprint density at radius 1 is 1.32 bits per heavy atom. The monoisotopic (exact) mass is 261 g/mol. The molecule has 0 spiro atoms. The van der Waals surface area contributed by atoms with E-state index in [4.69, 9.17) is 0 Å². The average Bonchev–Trinajstić information content (AvgIpc) is 2.42. The number of anilines is 1. The molecule has 1 N–H and O–H groups in total. The number of halogens is 1. The molecule has 0 radical (unpaired) electrons. The van der Waals surface area contributed by atoms with E-state index in [1.807, 2.05) is 0 Å². The normalized spacial score (nSPS) is 9.95. The summed E-state index contributed by atoms with van der Waals surface area (Å²) in [5.74, 6) is -1.39. The molecule has 1 amide bonds. The molecule has 6 nitrogen and oxygen atoms in total. The number of aromatic nitrogens is 1. The molecule has 1 aromatic carbocycles. The molecule has 19 heavy (non-hydrogen) atoms. The molecule has 0 aliphatic carbocycles. The lowest BCUT2D eigenvalue weighted by Crippen LogP contribution is -2.14. The maximum Gasteiger partial charge on any atom is 0.274 e. The van der Waals surface area contributed by atoms with Gasteiger partial charge in [-0.1, -0.05) is 6.07 Å². The van der Waals surface area contributed by atoms with Crippen molar-refractivity contribution in [1.29, 1.82) is 0 Å². The van der Waals surface area contributed by atoms with Crippen molar-refractivity contribution >= 4 is 17.3 Å². The van der Waals surface area contributed by atoms with Crippen LogP contribution in [-0.2, 0) is 0 Å². The second-order valence-corrected chi connectivity index (χ2v) is 3.59. The number of hydrogen-bond donors (Lipinski definition) is 1. The summed E-state index contributed by atoms with van der Waals surface area (Å²) in [6.45, 7) is 0. The van der Waals surface area contributed by atoms with E-state index < -0.39 is 16.6 Å². The van der Waals surface area contributed by atoms with Gasteiger partial charge < -0.3 is 5.32 Å². The van der Waals surface area contributed by atoms with E-state index in [9.17, 15) is 19.3 Å². The maximum atomic E-state index is 13.5. The van der Waals surface area contributed by atoms with Crippen molar-refractivity contribution in [2.24, 2.45) is 0 Å². The van der Waals surface area contributed by atoms with E-state index >= 15 is 0 Å². The van der Waals surface area contributed by atoms with E-state index in [0.29, 0.717) is 0 Å². The molecule has 2 rings (SSSR count). The van der Waals surface area contributed by atoms with Gasteiger partial charge in [-0.3, -0.25) is 19.9 Å². The molecule has 0 bridgehead atoms. The van der Waals surface area contributed by atoms with Crippen LogP contribution < -0.4 is 5.32 Å². The minimum absolute atomic E-state index is 0.0911. The van der Waals surface area contributed by atoms with Gasteiger partial charge in [-0.2, -0.15) is 0 Å². The summed E-state index contributed by atoms with van der Waals surface area (Å²) < 4.78 is 13.5. The fourth-order valence-electron chi connectivity index (χ4n) is 1.41. The molecule has 0 unspecified atom stereocenters. The summed E-state index contributed by atoms with van der Waals surface area (Å²) in [4.78, 5) is 25.4. The van der Waals surface area contributed by atoms with E-state index in [2.05, 4.69) is 10.3 Å². The number of rotatable bonds is 3. The largest absolute Gasteiger partial charge is 0.318 e. The Balaban J connectivity index is 2.26. The van der Waals surface area contributed by atoms with Crippen LogP contribution in [0.4, 0.5) is 15.8 Å². The number of hydrogen-bond acceptors (Lipinski definition) is 4. The second kappa shape index (κ2) is 5.21. The van der Waals surface area contributed by atoms with Gasteiger partial charge in [0.15, 0.2) is 0 Å². The Labute approximate surface area is 107 Å². The van der Waals surface area contributed by atoms with Crippen molar-refractivity contribution < 1.29 is 14.1 Å². The third-order valence-electron chi connectivity index (χ3n) is 2.31. The predicted octanol–water partition coefficient (Wildman–Crippen LogP) is 2.38. The standard InChI is InChI=1S/C12H8FN3O3/c13-9-5-4-8(16(18)19)7-11(9)15-12(17)10-3-1-2-6-14-10/h1-7H,(H,15,17). The Morgan fingerprint density at radius 3 is 2.74 bits per heavy atom. The first-order valence-electron chi connectivity index (χ1n) is 5.24.